The van der Waals surface area contributed by atoms with Gasteiger partial charge in [0.05, 0.1) is 6.10 Å². The normalized spacial score (nSPS) is 20.7. The molecule has 12 heavy (non-hydrogen) atoms. The number of rotatable bonds is 3. The third-order valence-electron chi connectivity index (χ3n) is 2.35. The lowest BCUT2D eigenvalue weighted by atomic mass is 10.1. The second kappa shape index (κ2) is 5.18. The Morgan fingerprint density at radius 2 is 2.08 bits per heavy atom. The molecule has 1 aliphatic rings. The number of piperidine rings is 1. The fourth-order valence-electron chi connectivity index (χ4n) is 1.55. The molecule has 1 fully saturated rings. The van der Waals surface area contributed by atoms with Crippen molar-refractivity contribution in [3.05, 3.63) is 0 Å². The predicted octanol–water partition coefficient (Wildman–Crippen LogP) is 0.857. The molecule has 0 atom stereocenters. The highest BCUT2D eigenvalue weighted by Crippen LogP contribution is 2.10. The van der Waals surface area contributed by atoms with Crippen molar-refractivity contribution in [3.63, 3.8) is 0 Å². The molecule has 2 heteroatoms. The molecule has 1 N–H and O–H groups in total. The maximum Gasteiger partial charge on any atom is 0.0564 e. The van der Waals surface area contributed by atoms with Gasteiger partial charge in [0.15, 0.2) is 0 Å². The summed E-state index contributed by atoms with van der Waals surface area (Å²) >= 11 is 0. The van der Waals surface area contributed by atoms with Gasteiger partial charge < -0.3 is 10.0 Å². The summed E-state index contributed by atoms with van der Waals surface area (Å²) in [5.74, 6) is 2.64. The summed E-state index contributed by atoms with van der Waals surface area (Å²) in [6.45, 7) is 3.16. The van der Waals surface area contributed by atoms with Crippen LogP contribution >= 0.6 is 0 Å². The minimum atomic E-state index is -0.0612. The van der Waals surface area contributed by atoms with Crippen LogP contribution in [-0.2, 0) is 0 Å². The predicted molar refractivity (Wildman–Crippen MR) is 49.7 cm³/mol. The van der Waals surface area contributed by atoms with Gasteiger partial charge in [-0.1, -0.05) is 0 Å². The van der Waals surface area contributed by atoms with Gasteiger partial charge in [-0.05, 0) is 25.8 Å². The fraction of sp³-hybridized carbons (Fsp3) is 0.800. The van der Waals surface area contributed by atoms with Crippen molar-refractivity contribution in [1.82, 2.24) is 4.90 Å². The van der Waals surface area contributed by atoms with E-state index in [2.05, 4.69) is 10.8 Å². The number of hydrogen-bond acceptors (Lipinski definition) is 2. The molecule has 0 aromatic rings. The van der Waals surface area contributed by atoms with E-state index in [4.69, 9.17) is 6.42 Å². The third-order valence-corrected chi connectivity index (χ3v) is 2.35. The summed E-state index contributed by atoms with van der Waals surface area (Å²) in [5.41, 5.74) is 0. The van der Waals surface area contributed by atoms with Crippen LogP contribution < -0.4 is 0 Å². The van der Waals surface area contributed by atoms with E-state index in [0.29, 0.717) is 0 Å². The van der Waals surface area contributed by atoms with Crippen LogP contribution in [0.25, 0.3) is 0 Å². The van der Waals surface area contributed by atoms with Crippen LogP contribution in [0.15, 0.2) is 0 Å². The van der Waals surface area contributed by atoms with Gasteiger partial charge in [-0.2, -0.15) is 0 Å². The van der Waals surface area contributed by atoms with Gasteiger partial charge in [-0.25, -0.2) is 0 Å². The Kier molecular flexibility index (Phi) is 4.13. The summed E-state index contributed by atoms with van der Waals surface area (Å²) in [4.78, 5) is 2.38. The second-order valence-electron chi connectivity index (χ2n) is 3.38. The summed E-state index contributed by atoms with van der Waals surface area (Å²) in [6.07, 6.45) is 8.91. The van der Waals surface area contributed by atoms with Gasteiger partial charge in [0.25, 0.3) is 0 Å². The zero-order chi connectivity index (χ0) is 8.81. The Morgan fingerprint density at radius 1 is 1.42 bits per heavy atom. The maximum absolute atomic E-state index is 9.24. The lowest BCUT2D eigenvalue weighted by Gasteiger charge is -2.29. The van der Waals surface area contributed by atoms with Crippen molar-refractivity contribution in [1.29, 1.82) is 0 Å². The number of aliphatic hydroxyl groups excluding tert-OH is 1. The highest BCUT2D eigenvalue weighted by atomic mass is 16.3. The zero-order valence-electron chi connectivity index (χ0n) is 7.50. The third kappa shape index (κ3) is 3.25. The number of hydrogen-bond donors (Lipinski definition) is 1. The molecule has 0 aromatic carbocycles. The number of unbranched alkanes of at least 4 members (excludes halogenated alkanes) is 1. The molecule has 0 unspecified atom stereocenters. The van der Waals surface area contributed by atoms with Crippen molar-refractivity contribution in [2.45, 2.75) is 31.8 Å². The summed E-state index contributed by atoms with van der Waals surface area (Å²) in [5, 5.41) is 9.24. The van der Waals surface area contributed by atoms with E-state index in [9.17, 15) is 5.11 Å². The van der Waals surface area contributed by atoms with Gasteiger partial charge in [0.1, 0.15) is 0 Å². The van der Waals surface area contributed by atoms with Crippen LogP contribution in [-0.4, -0.2) is 35.7 Å². The average molecular weight is 167 g/mol. The highest BCUT2D eigenvalue weighted by molar-refractivity contribution is 4.83. The minimum absolute atomic E-state index is 0.0612. The molecule has 1 heterocycles. The highest BCUT2D eigenvalue weighted by Gasteiger charge is 2.15. The first-order chi connectivity index (χ1) is 5.83. The van der Waals surface area contributed by atoms with Crippen LogP contribution in [0.5, 0.6) is 0 Å². The van der Waals surface area contributed by atoms with Crippen LogP contribution in [0.4, 0.5) is 0 Å². The molecule has 0 aliphatic carbocycles. The molecule has 0 spiro atoms. The van der Waals surface area contributed by atoms with Crippen LogP contribution in [0.1, 0.15) is 25.7 Å². The first-order valence-electron chi connectivity index (χ1n) is 4.67. The van der Waals surface area contributed by atoms with Crippen LogP contribution in [0.3, 0.4) is 0 Å². The molecule has 0 radical (unpaired) electrons. The lowest BCUT2D eigenvalue weighted by molar-refractivity contribution is 0.0823. The first-order valence-corrected chi connectivity index (χ1v) is 4.67. The Hall–Kier alpha value is -0.520. The molecule has 1 aliphatic heterocycles. The SMILES string of the molecule is C#CCCCN1CCC(O)CC1. The van der Waals surface area contributed by atoms with Crippen LogP contribution in [0.2, 0.25) is 0 Å². The molecule has 0 aromatic heterocycles. The van der Waals surface area contributed by atoms with Gasteiger partial charge in [0.2, 0.25) is 0 Å². The average Bonchev–Trinajstić information content (AvgIpc) is 2.09. The molecular formula is C10H17NO. The first kappa shape index (κ1) is 9.57. The molecule has 0 bridgehead atoms. The monoisotopic (exact) mass is 167 g/mol. The van der Waals surface area contributed by atoms with E-state index in [1.807, 2.05) is 0 Å². The van der Waals surface area contributed by atoms with Gasteiger partial charge in [-0.3, -0.25) is 0 Å². The lowest BCUT2D eigenvalue weighted by Crippen LogP contribution is -2.36. The van der Waals surface area contributed by atoms with E-state index in [1.165, 1.54) is 0 Å². The number of aliphatic hydroxyl groups is 1. The Labute approximate surface area is 74.6 Å². The molecule has 2 nitrogen and oxygen atoms in total. The Morgan fingerprint density at radius 3 is 2.67 bits per heavy atom. The number of likely N-dealkylation sites (tertiary alicyclic amines) is 1. The smallest absolute Gasteiger partial charge is 0.0564 e. The maximum atomic E-state index is 9.24. The molecule has 1 rings (SSSR count). The minimum Gasteiger partial charge on any atom is -0.393 e. The second-order valence-corrected chi connectivity index (χ2v) is 3.38. The van der Waals surface area contributed by atoms with Crippen LogP contribution in [0, 0.1) is 12.3 Å². The van der Waals surface area contributed by atoms with E-state index in [-0.39, 0.29) is 6.10 Å². The summed E-state index contributed by atoms with van der Waals surface area (Å²) in [6, 6.07) is 0. The van der Waals surface area contributed by atoms with E-state index in [1.54, 1.807) is 0 Å². The van der Waals surface area contributed by atoms with E-state index in [0.717, 1.165) is 45.3 Å². The van der Waals surface area contributed by atoms with Gasteiger partial charge in [-0.15, -0.1) is 12.3 Å². The quantitative estimate of drug-likeness (QED) is 0.498. The largest absolute Gasteiger partial charge is 0.393 e. The molecule has 0 amide bonds. The summed E-state index contributed by atoms with van der Waals surface area (Å²) in [7, 11) is 0. The van der Waals surface area contributed by atoms with Crippen molar-refractivity contribution < 1.29 is 5.11 Å². The Bertz CT molecular complexity index is 154. The summed E-state index contributed by atoms with van der Waals surface area (Å²) < 4.78 is 0. The van der Waals surface area contributed by atoms with Gasteiger partial charge >= 0.3 is 0 Å². The molecule has 1 saturated heterocycles. The zero-order valence-corrected chi connectivity index (χ0v) is 7.50. The van der Waals surface area contributed by atoms with Crippen molar-refractivity contribution in [3.8, 4) is 12.3 Å². The molecule has 68 valence electrons. The van der Waals surface area contributed by atoms with E-state index >= 15 is 0 Å². The standard InChI is InChI=1S/C10H17NO/c1-2-3-4-7-11-8-5-10(12)6-9-11/h1,10,12H,3-9H2. The number of nitrogens with zero attached hydrogens (tertiary/aromatic N) is 1. The molecule has 0 saturated carbocycles. The topological polar surface area (TPSA) is 23.5 Å². The van der Waals surface area contributed by atoms with Gasteiger partial charge in [0, 0.05) is 19.5 Å². The van der Waals surface area contributed by atoms with E-state index < -0.39 is 0 Å². The Balaban J connectivity index is 2.06. The number of terminal acetylenes is 1. The molecular weight excluding hydrogens is 150 g/mol. The van der Waals surface area contributed by atoms with Crippen molar-refractivity contribution in [2.75, 3.05) is 19.6 Å². The van der Waals surface area contributed by atoms with Crippen molar-refractivity contribution in [2.24, 2.45) is 0 Å². The fourth-order valence-corrected chi connectivity index (χ4v) is 1.55. The van der Waals surface area contributed by atoms with Crippen molar-refractivity contribution >= 4 is 0 Å².